The Bertz CT molecular complexity index is 1550. The van der Waals surface area contributed by atoms with E-state index in [1.54, 1.807) is 30.3 Å². The van der Waals surface area contributed by atoms with Gasteiger partial charge in [0.2, 0.25) is 0 Å². The van der Waals surface area contributed by atoms with Gasteiger partial charge in [-0.15, -0.1) is 11.3 Å². The molecule has 0 atom stereocenters. The molecule has 9 heteroatoms. The highest BCUT2D eigenvalue weighted by Crippen LogP contribution is 2.30. The Kier molecular flexibility index (Phi) is 11.4. The molecule has 0 spiro atoms. The predicted molar refractivity (Wildman–Crippen MR) is 175 cm³/mol. The minimum Gasteiger partial charge on any atom is -0.489 e. The average Bonchev–Trinajstić information content (AvgIpc) is 3.48. The van der Waals surface area contributed by atoms with E-state index in [4.69, 9.17) is 4.74 Å². The second kappa shape index (κ2) is 15.2. The summed E-state index contributed by atoms with van der Waals surface area (Å²) < 4.78 is 34.8. The standard InChI is InChI=1S/C34H40N2O5S2/c1-4-9-27(10-5-2)28-17-19-32(20-18-28)41-24-26-13-15-29(16-14-26)30-21-33(42-25-30)22-36(23-34(37)38)43(39,40)35(3)31-11-7-6-8-12-31/h6-8,11-21,25,27H,4-5,9-10,22-24H2,1-3H3,(H,37,38). The van der Waals surface area contributed by atoms with Gasteiger partial charge in [0, 0.05) is 11.9 Å². The molecule has 0 aliphatic carbocycles. The van der Waals surface area contributed by atoms with E-state index < -0.39 is 22.7 Å². The van der Waals surface area contributed by atoms with Crippen LogP contribution in [0.2, 0.25) is 0 Å². The number of hydrogen-bond donors (Lipinski definition) is 1. The van der Waals surface area contributed by atoms with Crippen molar-refractivity contribution in [1.29, 1.82) is 0 Å². The maximum atomic E-state index is 13.3. The zero-order valence-corrected chi connectivity index (χ0v) is 26.6. The maximum absolute atomic E-state index is 13.3. The Balaban J connectivity index is 1.39. The third kappa shape index (κ3) is 8.69. The average molecular weight is 621 g/mol. The quantitative estimate of drug-likeness (QED) is 0.137. The third-order valence-corrected chi connectivity index (χ3v) is 10.1. The van der Waals surface area contributed by atoms with Crippen molar-refractivity contribution in [2.45, 2.75) is 58.6 Å². The summed E-state index contributed by atoms with van der Waals surface area (Å²) in [6, 6.07) is 27.1. The van der Waals surface area contributed by atoms with Crippen LogP contribution in [0.15, 0.2) is 90.3 Å². The fraction of sp³-hybridized carbons (Fsp3) is 0.324. The zero-order valence-electron chi connectivity index (χ0n) is 25.0. The lowest BCUT2D eigenvalue weighted by Gasteiger charge is -2.27. The molecule has 4 rings (SSSR count). The molecule has 1 aromatic heterocycles. The number of ether oxygens (including phenoxy) is 1. The summed E-state index contributed by atoms with van der Waals surface area (Å²) in [6.45, 7) is 4.25. The van der Waals surface area contributed by atoms with Gasteiger partial charge in [0.15, 0.2) is 0 Å². The molecule has 0 bridgehead atoms. The lowest BCUT2D eigenvalue weighted by atomic mass is 9.90. The Hall–Kier alpha value is -3.66. The van der Waals surface area contributed by atoms with Gasteiger partial charge in [-0.1, -0.05) is 81.3 Å². The van der Waals surface area contributed by atoms with E-state index in [0.717, 1.165) is 35.9 Å². The highest BCUT2D eigenvalue weighted by atomic mass is 32.2. The van der Waals surface area contributed by atoms with Crippen LogP contribution in [0.25, 0.3) is 11.1 Å². The van der Waals surface area contributed by atoms with Crippen LogP contribution in [-0.2, 0) is 28.2 Å². The molecule has 43 heavy (non-hydrogen) atoms. The number of carbonyl (C=O) groups is 1. The number of thiophene rings is 1. The van der Waals surface area contributed by atoms with Gasteiger partial charge in [0.25, 0.3) is 0 Å². The van der Waals surface area contributed by atoms with E-state index in [1.165, 1.54) is 49.6 Å². The lowest BCUT2D eigenvalue weighted by Crippen LogP contribution is -2.43. The fourth-order valence-corrected chi connectivity index (χ4v) is 7.37. The first-order valence-electron chi connectivity index (χ1n) is 14.6. The molecule has 3 aromatic carbocycles. The van der Waals surface area contributed by atoms with Crippen molar-refractivity contribution in [2.24, 2.45) is 0 Å². The molecule has 0 aliphatic rings. The Morgan fingerprint density at radius 2 is 1.56 bits per heavy atom. The minimum atomic E-state index is -4.07. The van der Waals surface area contributed by atoms with Crippen LogP contribution >= 0.6 is 11.3 Å². The Morgan fingerprint density at radius 3 is 2.16 bits per heavy atom. The van der Waals surface area contributed by atoms with Gasteiger partial charge in [0.05, 0.1) is 12.2 Å². The summed E-state index contributed by atoms with van der Waals surface area (Å²) in [5.74, 6) is 0.239. The van der Waals surface area contributed by atoms with Gasteiger partial charge in [-0.05, 0) is 76.7 Å². The summed E-state index contributed by atoms with van der Waals surface area (Å²) in [5.41, 5.74) is 4.81. The molecule has 0 saturated heterocycles. The van der Waals surface area contributed by atoms with Crippen molar-refractivity contribution < 1.29 is 23.1 Å². The van der Waals surface area contributed by atoms with E-state index in [0.29, 0.717) is 18.2 Å². The molecule has 4 aromatic rings. The van der Waals surface area contributed by atoms with Crippen molar-refractivity contribution >= 4 is 33.2 Å². The lowest BCUT2D eigenvalue weighted by molar-refractivity contribution is -0.137. The highest BCUT2D eigenvalue weighted by Gasteiger charge is 2.30. The summed E-state index contributed by atoms with van der Waals surface area (Å²) in [7, 11) is -2.64. The molecule has 0 saturated carbocycles. The van der Waals surface area contributed by atoms with E-state index >= 15 is 0 Å². The zero-order chi connectivity index (χ0) is 30.8. The van der Waals surface area contributed by atoms with Crippen molar-refractivity contribution in [1.82, 2.24) is 4.31 Å². The summed E-state index contributed by atoms with van der Waals surface area (Å²) in [6.07, 6.45) is 4.78. The Labute approximate surface area is 259 Å². The first-order valence-corrected chi connectivity index (χ1v) is 16.9. The van der Waals surface area contributed by atoms with E-state index in [-0.39, 0.29) is 6.54 Å². The number of benzene rings is 3. The smallest absolute Gasteiger partial charge is 0.318 e. The van der Waals surface area contributed by atoms with E-state index in [1.807, 2.05) is 35.7 Å². The molecule has 0 radical (unpaired) electrons. The molecular formula is C34H40N2O5S2. The van der Waals surface area contributed by atoms with Crippen molar-refractivity contribution in [3.63, 3.8) is 0 Å². The van der Waals surface area contributed by atoms with Gasteiger partial charge < -0.3 is 9.84 Å². The number of rotatable bonds is 16. The molecule has 7 nitrogen and oxygen atoms in total. The Morgan fingerprint density at radius 1 is 0.907 bits per heavy atom. The SMILES string of the molecule is CCCC(CCC)c1ccc(OCc2ccc(-c3csc(CN(CC(=O)O)S(=O)(=O)N(C)c4ccccc4)c3)cc2)cc1. The summed E-state index contributed by atoms with van der Waals surface area (Å²) >= 11 is 1.40. The fourth-order valence-electron chi connectivity index (χ4n) is 5.07. The molecule has 0 fully saturated rings. The second-order valence-corrected chi connectivity index (χ2v) is 13.6. The maximum Gasteiger partial charge on any atom is 0.318 e. The van der Waals surface area contributed by atoms with Crippen LogP contribution in [0.4, 0.5) is 5.69 Å². The number of anilines is 1. The van der Waals surface area contributed by atoms with Gasteiger partial charge in [0.1, 0.15) is 18.9 Å². The predicted octanol–water partition coefficient (Wildman–Crippen LogP) is 7.95. The third-order valence-electron chi connectivity index (χ3n) is 7.41. The van der Waals surface area contributed by atoms with E-state index in [2.05, 4.69) is 38.1 Å². The van der Waals surface area contributed by atoms with Crippen molar-refractivity contribution in [3.8, 4) is 16.9 Å². The van der Waals surface area contributed by atoms with Gasteiger partial charge in [-0.25, -0.2) is 0 Å². The first-order chi connectivity index (χ1) is 20.7. The van der Waals surface area contributed by atoms with Crippen LogP contribution in [0.5, 0.6) is 5.75 Å². The van der Waals surface area contributed by atoms with Crippen LogP contribution in [0.3, 0.4) is 0 Å². The molecule has 1 N–H and O–H groups in total. The largest absolute Gasteiger partial charge is 0.489 e. The van der Waals surface area contributed by atoms with E-state index in [9.17, 15) is 18.3 Å². The van der Waals surface area contributed by atoms with Crippen LogP contribution in [0, 0.1) is 0 Å². The molecular weight excluding hydrogens is 581 g/mol. The normalized spacial score (nSPS) is 11.7. The van der Waals surface area contributed by atoms with Crippen molar-refractivity contribution in [3.05, 3.63) is 106 Å². The van der Waals surface area contributed by atoms with Crippen molar-refractivity contribution in [2.75, 3.05) is 17.9 Å². The van der Waals surface area contributed by atoms with Gasteiger partial charge >= 0.3 is 16.2 Å². The number of carboxylic acids is 1. The molecule has 0 amide bonds. The molecule has 0 aliphatic heterocycles. The number of nitrogens with zero attached hydrogens (tertiary/aromatic N) is 2. The molecule has 228 valence electrons. The number of aliphatic carboxylic acids is 1. The van der Waals surface area contributed by atoms with Crippen LogP contribution in [0.1, 0.15) is 61.5 Å². The number of hydrogen-bond acceptors (Lipinski definition) is 5. The minimum absolute atomic E-state index is 0.0428. The number of carboxylic acid groups (broad SMARTS) is 1. The second-order valence-electron chi connectivity index (χ2n) is 10.6. The molecule has 0 unspecified atom stereocenters. The van der Waals surface area contributed by atoms with Gasteiger partial charge in [-0.3, -0.25) is 9.10 Å². The van der Waals surface area contributed by atoms with Crippen LogP contribution < -0.4 is 9.04 Å². The highest BCUT2D eigenvalue weighted by molar-refractivity contribution is 7.90. The number of para-hydroxylation sites is 1. The summed E-state index contributed by atoms with van der Waals surface area (Å²) in [5, 5.41) is 11.4. The monoisotopic (exact) mass is 620 g/mol. The van der Waals surface area contributed by atoms with Crippen LogP contribution in [-0.4, -0.2) is 37.4 Å². The molecule has 1 heterocycles. The first kappa shape index (κ1) is 32.3. The topological polar surface area (TPSA) is 87.1 Å². The van der Waals surface area contributed by atoms with Gasteiger partial charge in [-0.2, -0.15) is 12.7 Å². The summed E-state index contributed by atoms with van der Waals surface area (Å²) in [4.78, 5) is 12.3.